The smallest absolute Gasteiger partial charge is 0.369 e. The van der Waals surface area contributed by atoms with Gasteiger partial charge in [-0.3, -0.25) is 42.6 Å². The molecule has 2 bridgehead atoms. The molecule has 3 aliphatic heterocycles. The zero-order valence-electron chi connectivity index (χ0n) is 23.2. The molecule has 0 saturated carbocycles. The molecule has 0 radical (unpaired) electrons. The SMILES string of the molecule is CN1OCC2OC(n3cnc4c(=O)[nH]c(N)nc43)C(N)C2OP(=O)(S)OCC2OC(n3cnc4c(=O)[nH]c(N)nc43)C1C2OP. The lowest BCUT2D eigenvalue weighted by molar-refractivity contribution is -0.218. The van der Waals surface area contributed by atoms with E-state index in [4.69, 9.17) is 45.1 Å². The number of ether oxygens (including phenoxy) is 2. The number of nitrogens with zero attached hydrogens (tertiary/aromatic N) is 7. The number of anilines is 2. The van der Waals surface area contributed by atoms with E-state index in [2.05, 4.69) is 51.6 Å². The number of likely N-dealkylation sites (N-methyl/N-ethyl adjacent to an activating group) is 1. The second-order valence-corrected chi connectivity index (χ2v) is 13.7. The number of H-pyrrole nitrogens is 2. The predicted molar refractivity (Wildman–Crippen MR) is 160 cm³/mol. The molecule has 45 heavy (non-hydrogen) atoms. The highest BCUT2D eigenvalue weighted by Gasteiger charge is 2.53. The van der Waals surface area contributed by atoms with E-state index in [9.17, 15) is 14.2 Å². The summed E-state index contributed by atoms with van der Waals surface area (Å²) in [5.41, 5.74) is 17.4. The number of hydrogen-bond donors (Lipinski definition) is 6. The van der Waals surface area contributed by atoms with Gasteiger partial charge in [0.05, 0.1) is 31.9 Å². The van der Waals surface area contributed by atoms with Gasteiger partial charge >= 0.3 is 6.80 Å². The molecule has 7 heterocycles. The van der Waals surface area contributed by atoms with Crippen LogP contribution >= 0.6 is 28.5 Å². The largest absolute Gasteiger partial charge is 0.386 e. The number of rotatable bonds is 3. The van der Waals surface area contributed by atoms with E-state index >= 15 is 0 Å². The first-order valence-corrected chi connectivity index (χ1v) is 16.5. The first-order valence-electron chi connectivity index (χ1n) is 13.3. The molecule has 7 rings (SSSR count). The quantitative estimate of drug-likeness (QED) is 0.105. The van der Waals surface area contributed by atoms with E-state index in [0.717, 1.165) is 0 Å². The van der Waals surface area contributed by atoms with Crippen LogP contribution in [0.15, 0.2) is 22.2 Å². The van der Waals surface area contributed by atoms with Crippen molar-refractivity contribution in [3.8, 4) is 0 Å². The molecule has 10 atom stereocenters. The monoisotopic (exact) mass is 686 g/mol. The Morgan fingerprint density at radius 1 is 1.00 bits per heavy atom. The Kier molecular flexibility index (Phi) is 7.73. The van der Waals surface area contributed by atoms with Gasteiger partial charge in [-0.05, 0) is 0 Å². The van der Waals surface area contributed by atoms with Crippen LogP contribution in [0, 0.1) is 0 Å². The zero-order valence-corrected chi connectivity index (χ0v) is 26.1. The van der Waals surface area contributed by atoms with E-state index in [1.54, 1.807) is 7.05 Å². The Morgan fingerprint density at radius 2 is 1.58 bits per heavy atom. The molecule has 0 spiro atoms. The topological polar surface area (TPSA) is 281 Å². The molecule has 3 aliphatic rings. The second kappa shape index (κ2) is 11.4. The standard InChI is InChI=1S/C21H28N12O9P2S/c1-31-11-13(41-43)7(40-19(11)33-5-26-10-15(33)28-21(24)30-17(10)35)3-38-44(36,45)42-12-6(2-37-31)39-18(8(12)22)32-4-25-9-14(32)27-20(23)29-16(9)34/h4-8,11-13,18-19H,2-3,22,43H2,1H3,(H,36,45)(H3,23,27,29,34)(H3,24,28,30,35). The van der Waals surface area contributed by atoms with Crippen LogP contribution in [0.3, 0.4) is 0 Å². The van der Waals surface area contributed by atoms with Gasteiger partial charge in [0.15, 0.2) is 34.8 Å². The summed E-state index contributed by atoms with van der Waals surface area (Å²) < 4.78 is 46.3. The fourth-order valence-corrected chi connectivity index (χ4v) is 7.65. The molecule has 24 heteroatoms. The van der Waals surface area contributed by atoms with Crippen LogP contribution in [0.4, 0.5) is 11.9 Å². The highest BCUT2D eigenvalue weighted by molar-refractivity contribution is 8.44. The van der Waals surface area contributed by atoms with Crippen molar-refractivity contribution in [2.45, 2.75) is 49.0 Å². The summed E-state index contributed by atoms with van der Waals surface area (Å²) in [7, 11) is 3.83. The summed E-state index contributed by atoms with van der Waals surface area (Å²) >= 11 is 4.19. The van der Waals surface area contributed by atoms with Crippen LogP contribution in [0.25, 0.3) is 22.3 Å². The Labute approximate surface area is 259 Å². The third kappa shape index (κ3) is 5.25. The van der Waals surface area contributed by atoms with Crippen molar-refractivity contribution in [2.75, 3.05) is 31.7 Å². The second-order valence-electron chi connectivity index (χ2n) is 10.5. The van der Waals surface area contributed by atoms with Crippen molar-refractivity contribution < 1.29 is 32.4 Å². The van der Waals surface area contributed by atoms with Gasteiger partial charge in [0.2, 0.25) is 11.9 Å². The van der Waals surface area contributed by atoms with Gasteiger partial charge in [0.25, 0.3) is 11.1 Å². The summed E-state index contributed by atoms with van der Waals surface area (Å²) in [6.45, 7) is -4.58. The number of thiol groups is 1. The Balaban J connectivity index is 1.23. The molecule has 10 unspecified atom stereocenters. The van der Waals surface area contributed by atoms with E-state index < -0.39 is 66.9 Å². The van der Waals surface area contributed by atoms with E-state index in [1.165, 1.54) is 26.9 Å². The molecule has 0 aliphatic carbocycles. The van der Waals surface area contributed by atoms with Gasteiger partial charge in [-0.1, -0.05) is 12.2 Å². The molecule has 3 fully saturated rings. The minimum atomic E-state index is -4.12. The summed E-state index contributed by atoms with van der Waals surface area (Å²) in [4.78, 5) is 52.5. The van der Waals surface area contributed by atoms with Gasteiger partial charge < -0.3 is 31.2 Å². The zero-order chi connectivity index (χ0) is 31.8. The van der Waals surface area contributed by atoms with Gasteiger partial charge in [-0.25, -0.2) is 14.5 Å². The van der Waals surface area contributed by atoms with E-state index in [1.807, 2.05) is 0 Å². The van der Waals surface area contributed by atoms with Crippen molar-refractivity contribution >= 4 is 62.7 Å². The molecule has 8 N–H and O–H groups in total. The first kappa shape index (κ1) is 30.6. The summed E-state index contributed by atoms with van der Waals surface area (Å²) in [6, 6.07) is -1.69. The first-order chi connectivity index (χ1) is 21.5. The Hall–Kier alpha value is -3.01. The number of fused-ring (bicyclic) bond motifs is 5. The molecule has 242 valence electrons. The molecule has 3 saturated heterocycles. The Morgan fingerprint density at radius 3 is 2.18 bits per heavy atom. The molecule has 4 aromatic heterocycles. The molecule has 4 aromatic rings. The summed E-state index contributed by atoms with van der Waals surface area (Å²) in [6.07, 6.45) is -2.78. The Bertz CT molecular complexity index is 1940. The van der Waals surface area contributed by atoms with Crippen LogP contribution in [0.1, 0.15) is 12.5 Å². The maximum Gasteiger partial charge on any atom is 0.386 e. The maximum atomic E-state index is 13.5. The predicted octanol–water partition coefficient (Wildman–Crippen LogP) is -1.60. The number of nitrogen functional groups attached to an aromatic ring is 2. The molecular formula is C21H28N12O9P2S. The number of nitrogens with one attached hydrogen (secondary N) is 2. The van der Waals surface area contributed by atoms with Gasteiger partial charge in [0, 0.05) is 16.5 Å². The maximum absolute atomic E-state index is 13.5. The highest BCUT2D eigenvalue weighted by Crippen LogP contribution is 2.57. The number of hydrogen-bond acceptors (Lipinski definition) is 17. The van der Waals surface area contributed by atoms with Crippen LogP contribution in [-0.2, 0) is 32.4 Å². The van der Waals surface area contributed by atoms with Gasteiger partial charge in [-0.15, -0.1) is 0 Å². The highest BCUT2D eigenvalue weighted by atomic mass is 32.7. The lowest BCUT2D eigenvalue weighted by Gasteiger charge is -2.33. The minimum absolute atomic E-state index is 0.0156. The average Bonchev–Trinajstić information content (AvgIpc) is 3.74. The van der Waals surface area contributed by atoms with Crippen LogP contribution in [0.2, 0.25) is 0 Å². The van der Waals surface area contributed by atoms with E-state index in [-0.39, 0.29) is 47.4 Å². The number of imidazole rings is 2. The third-order valence-electron chi connectivity index (χ3n) is 7.82. The van der Waals surface area contributed by atoms with Crippen LogP contribution < -0.4 is 28.3 Å². The number of hydroxylamine groups is 2. The number of nitrogens with two attached hydrogens (primary N) is 3. The van der Waals surface area contributed by atoms with Crippen LogP contribution in [-0.4, -0.2) is 101 Å². The van der Waals surface area contributed by atoms with Crippen molar-refractivity contribution in [1.82, 2.24) is 44.1 Å². The fourth-order valence-electron chi connectivity index (χ4n) is 5.81. The molecule has 0 amide bonds. The lowest BCUT2D eigenvalue weighted by Crippen LogP contribution is -2.48. The normalized spacial score (nSPS) is 34.6. The average molecular weight is 687 g/mol. The lowest BCUT2D eigenvalue weighted by atomic mass is 10.1. The number of aromatic amines is 2. The van der Waals surface area contributed by atoms with Gasteiger partial charge in [0.1, 0.15) is 30.5 Å². The van der Waals surface area contributed by atoms with Gasteiger partial charge in [-0.2, -0.15) is 15.0 Å². The van der Waals surface area contributed by atoms with Crippen molar-refractivity contribution in [3.63, 3.8) is 0 Å². The fraction of sp³-hybridized carbons (Fsp3) is 0.524. The van der Waals surface area contributed by atoms with Crippen LogP contribution in [0.5, 0.6) is 0 Å². The molecule has 21 nitrogen and oxygen atoms in total. The van der Waals surface area contributed by atoms with Crippen molar-refractivity contribution in [3.05, 3.63) is 33.4 Å². The number of aromatic nitrogens is 8. The minimum Gasteiger partial charge on any atom is -0.369 e. The summed E-state index contributed by atoms with van der Waals surface area (Å²) in [5, 5.41) is 1.50. The molecule has 0 aromatic carbocycles. The van der Waals surface area contributed by atoms with E-state index in [0.29, 0.717) is 0 Å². The summed E-state index contributed by atoms with van der Waals surface area (Å²) in [5.74, 6) is -0.248. The third-order valence-corrected chi connectivity index (χ3v) is 9.75. The molecular weight excluding hydrogens is 658 g/mol. The van der Waals surface area contributed by atoms with Crippen molar-refractivity contribution in [1.29, 1.82) is 0 Å². The van der Waals surface area contributed by atoms with Crippen molar-refractivity contribution in [2.24, 2.45) is 5.73 Å².